The van der Waals surface area contributed by atoms with Gasteiger partial charge in [-0.2, -0.15) is 0 Å². The molecule has 0 amide bonds. The van der Waals surface area contributed by atoms with E-state index in [1.54, 1.807) is 0 Å². The minimum atomic E-state index is 0.474. The number of fused-ring (bicyclic) bond motifs is 2. The highest BCUT2D eigenvalue weighted by atomic mass is 16.6. The molecule has 4 rings (SSSR count). The second-order valence-electron chi connectivity index (χ2n) is 8.16. The average molecular weight is 338 g/mol. The van der Waals surface area contributed by atoms with E-state index in [1.807, 2.05) is 0 Å². The van der Waals surface area contributed by atoms with Gasteiger partial charge < -0.3 is 18.9 Å². The van der Waals surface area contributed by atoms with Crippen molar-refractivity contribution in [1.82, 2.24) is 0 Å². The second kappa shape index (κ2) is 8.48. The molecule has 138 valence electrons. The number of rotatable bonds is 11. The van der Waals surface area contributed by atoms with Crippen LogP contribution in [0.3, 0.4) is 0 Å². The highest BCUT2D eigenvalue weighted by Gasteiger charge is 2.44. The fourth-order valence-corrected chi connectivity index (χ4v) is 4.45. The Morgan fingerprint density at radius 2 is 1.00 bits per heavy atom. The molecule has 6 atom stereocenters. The zero-order valence-corrected chi connectivity index (χ0v) is 15.0. The molecule has 4 aliphatic rings. The summed E-state index contributed by atoms with van der Waals surface area (Å²) in [7, 11) is 0. The number of hydrogen-bond donors (Lipinski definition) is 0. The Bertz CT molecular complexity index is 352. The van der Waals surface area contributed by atoms with E-state index in [0.717, 1.165) is 26.1 Å². The van der Waals surface area contributed by atoms with E-state index in [1.165, 1.54) is 64.2 Å². The molecule has 0 bridgehead atoms. The Morgan fingerprint density at radius 1 is 0.542 bits per heavy atom. The lowest BCUT2D eigenvalue weighted by atomic mass is 9.98. The van der Waals surface area contributed by atoms with Crippen molar-refractivity contribution in [3.05, 3.63) is 0 Å². The molecule has 0 aromatic rings. The maximum Gasteiger partial charge on any atom is 0.0866 e. The van der Waals surface area contributed by atoms with Crippen molar-refractivity contribution in [2.24, 2.45) is 0 Å². The maximum absolute atomic E-state index is 5.99. The van der Waals surface area contributed by atoms with Crippen LogP contribution in [-0.4, -0.2) is 49.8 Å². The second-order valence-corrected chi connectivity index (χ2v) is 8.16. The molecule has 2 heterocycles. The third-order valence-electron chi connectivity index (χ3n) is 6.16. The normalized spacial score (nSPS) is 40.0. The summed E-state index contributed by atoms with van der Waals surface area (Å²) in [6, 6.07) is 0. The van der Waals surface area contributed by atoms with Gasteiger partial charge >= 0.3 is 0 Å². The van der Waals surface area contributed by atoms with Gasteiger partial charge in [-0.25, -0.2) is 0 Å². The fourth-order valence-electron chi connectivity index (χ4n) is 4.45. The SMILES string of the molecule is C(CCCCOC1CCC2OC2C1)CCCOC1CCC2OC2C1. The average Bonchev–Trinajstić information content (AvgIpc) is 3.50. The summed E-state index contributed by atoms with van der Waals surface area (Å²) in [5, 5.41) is 0. The third kappa shape index (κ3) is 5.17. The van der Waals surface area contributed by atoms with Gasteiger partial charge in [-0.1, -0.05) is 25.7 Å². The van der Waals surface area contributed by atoms with E-state index < -0.39 is 0 Å². The molecule has 2 aliphatic heterocycles. The first-order valence-electron chi connectivity index (χ1n) is 10.4. The van der Waals surface area contributed by atoms with Crippen LogP contribution in [0.5, 0.6) is 0 Å². The fraction of sp³-hybridized carbons (Fsp3) is 1.00. The van der Waals surface area contributed by atoms with Gasteiger partial charge in [-0.05, 0) is 38.5 Å². The van der Waals surface area contributed by atoms with Gasteiger partial charge in [-0.15, -0.1) is 0 Å². The molecule has 0 spiro atoms. The summed E-state index contributed by atoms with van der Waals surface area (Å²) in [6.45, 7) is 1.88. The van der Waals surface area contributed by atoms with Crippen LogP contribution in [0, 0.1) is 0 Å². The molecular weight excluding hydrogens is 304 g/mol. The lowest BCUT2D eigenvalue weighted by molar-refractivity contribution is 0.0293. The zero-order valence-electron chi connectivity index (χ0n) is 15.0. The summed E-state index contributed by atoms with van der Waals surface area (Å²) >= 11 is 0. The zero-order chi connectivity index (χ0) is 16.2. The Kier molecular flexibility index (Phi) is 6.10. The van der Waals surface area contributed by atoms with Crippen molar-refractivity contribution in [1.29, 1.82) is 0 Å². The molecule has 4 nitrogen and oxygen atoms in total. The van der Waals surface area contributed by atoms with Crippen LogP contribution < -0.4 is 0 Å². The van der Waals surface area contributed by atoms with E-state index in [4.69, 9.17) is 18.9 Å². The molecule has 0 aromatic carbocycles. The molecule has 2 saturated carbocycles. The summed E-state index contributed by atoms with van der Waals surface area (Å²) < 4.78 is 23.1. The molecule has 24 heavy (non-hydrogen) atoms. The smallest absolute Gasteiger partial charge is 0.0866 e. The van der Waals surface area contributed by atoms with E-state index >= 15 is 0 Å². The van der Waals surface area contributed by atoms with Gasteiger partial charge in [0.2, 0.25) is 0 Å². The molecule has 0 aromatic heterocycles. The Morgan fingerprint density at radius 3 is 1.46 bits per heavy atom. The topological polar surface area (TPSA) is 43.5 Å². The maximum atomic E-state index is 5.99. The first kappa shape index (κ1) is 17.3. The molecular formula is C20H34O4. The van der Waals surface area contributed by atoms with Crippen molar-refractivity contribution >= 4 is 0 Å². The number of hydrogen-bond acceptors (Lipinski definition) is 4. The molecule has 2 aliphatic carbocycles. The summed E-state index contributed by atoms with van der Waals surface area (Å²) in [6.07, 6.45) is 18.0. The first-order valence-corrected chi connectivity index (χ1v) is 10.4. The highest BCUT2D eigenvalue weighted by Crippen LogP contribution is 2.38. The predicted octanol–water partition coefficient (Wildman–Crippen LogP) is 4.00. The van der Waals surface area contributed by atoms with Gasteiger partial charge in [0.25, 0.3) is 0 Å². The largest absolute Gasteiger partial charge is 0.378 e. The minimum absolute atomic E-state index is 0.474. The molecule has 0 radical (unpaired) electrons. The van der Waals surface area contributed by atoms with E-state index in [-0.39, 0.29) is 0 Å². The van der Waals surface area contributed by atoms with Crippen molar-refractivity contribution in [2.75, 3.05) is 13.2 Å². The number of ether oxygens (including phenoxy) is 4. The van der Waals surface area contributed by atoms with Gasteiger partial charge in [0.1, 0.15) is 0 Å². The molecule has 4 fully saturated rings. The lowest BCUT2D eigenvalue weighted by Crippen LogP contribution is -2.22. The van der Waals surface area contributed by atoms with Gasteiger partial charge in [0, 0.05) is 26.1 Å². The van der Waals surface area contributed by atoms with Crippen molar-refractivity contribution in [3.8, 4) is 0 Å². The van der Waals surface area contributed by atoms with Gasteiger partial charge in [-0.3, -0.25) is 0 Å². The van der Waals surface area contributed by atoms with Crippen LogP contribution in [-0.2, 0) is 18.9 Å². The Balaban J connectivity index is 0.907. The highest BCUT2D eigenvalue weighted by molar-refractivity contribution is 4.93. The monoisotopic (exact) mass is 338 g/mol. The summed E-state index contributed by atoms with van der Waals surface area (Å²) in [5.41, 5.74) is 0. The molecule has 2 saturated heterocycles. The van der Waals surface area contributed by atoms with Crippen LogP contribution in [0.15, 0.2) is 0 Å². The van der Waals surface area contributed by atoms with E-state index in [2.05, 4.69) is 0 Å². The van der Waals surface area contributed by atoms with Crippen molar-refractivity contribution in [2.45, 2.75) is 114 Å². The predicted molar refractivity (Wildman–Crippen MR) is 92.2 cm³/mol. The summed E-state index contributed by atoms with van der Waals surface area (Å²) in [5.74, 6) is 0. The molecule has 4 heteroatoms. The lowest BCUT2D eigenvalue weighted by Gasteiger charge is -2.19. The molecule has 6 unspecified atom stereocenters. The first-order chi connectivity index (χ1) is 11.9. The standard InChI is InChI=1S/C20H34O4/c1(3-5-11-21-15-7-9-17-19(13-15)23-17)2-4-6-12-22-16-8-10-18-20(14-16)24-18/h15-20H,1-14H2. The summed E-state index contributed by atoms with van der Waals surface area (Å²) in [4.78, 5) is 0. The number of unbranched alkanes of at least 4 members (excludes halogenated alkanes) is 5. The Hall–Kier alpha value is -0.160. The molecule has 0 N–H and O–H groups in total. The van der Waals surface area contributed by atoms with Crippen LogP contribution >= 0.6 is 0 Å². The van der Waals surface area contributed by atoms with E-state index in [0.29, 0.717) is 36.6 Å². The van der Waals surface area contributed by atoms with Crippen molar-refractivity contribution in [3.63, 3.8) is 0 Å². The Labute approximate surface area is 146 Å². The third-order valence-corrected chi connectivity index (χ3v) is 6.16. The van der Waals surface area contributed by atoms with E-state index in [9.17, 15) is 0 Å². The van der Waals surface area contributed by atoms with Crippen LogP contribution in [0.4, 0.5) is 0 Å². The van der Waals surface area contributed by atoms with Crippen LogP contribution in [0.25, 0.3) is 0 Å². The van der Waals surface area contributed by atoms with Crippen molar-refractivity contribution < 1.29 is 18.9 Å². The van der Waals surface area contributed by atoms with Gasteiger partial charge in [0.05, 0.1) is 36.6 Å². The van der Waals surface area contributed by atoms with Gasteiger partial charge in [0.15, 0.2) is 0 Å². The number of epoxide rings is 2. The quantitative estimate of drug-likeness (QED) is 0.422. The van der Waals surface area contributed by atoms with Crippen LogP contribution in [0.1, 0.15) is 77.0 Å². The van der Waals surface area contributed by atoms with Crippen LogP contribution in [0.2, 0.25) is 0 Å². The minimum Gasteiger partial charge on any atom is -0.378 e.